The number of aryl methyl sites for hydroxylation is 1. The van der Waals surface area contributed by atoms with Crippen LogP contribution in [-0.2, 0) is 11.8 Å². The van der Waals surface area contributed by atoms with Crippen molar-refractivity contribution < 1.29 is 0 Å². The third-order valence-electron chi connectivity index (χ3n) is 4.98. The molecule has 0 aromatic heterocycles. The van der Waals surface area contributed by atoms with Gasteiger partial charge in [-0.1, -0.05) is 60.2 Å². The molecule has 0 heterocycles. The van der Waals surface area contributed by atoms with Gasteiger partial charge in [0.25, 0.3) is 0 Å². The Bertz CT molecular complexity index is 588. The van der Waals surface area contributed by atoms with Crippen LogP contribution in [0.15, 0.2) is 60.2 Å². The van der Waals surface area contributed by atoms with Crippen LogP contribution in [0.25, 0.3) is 0 Å². The fraction of sp³-hybridized carbons (Fsp3) is 0.294. The zero-order chi connectivity index (χ0) is 11.5. The first-order valence-electron chi connectivity index (χ1n) is 6.44. The summed E-state index contributed by atoms with van der Waals surface area (Å²) in [6.07, 6.45) is 14.2. The summed E-state index contributed by atoms with van der Waals surface area (Å²) in [6, 6.07) is 8.97. The number of fused-ring (bicyclic) bond motifs is 1. The Labute approximate surface area is 102 Å². The second-order valence-electron chi connectivity index (χ2n) is 5.55. The molecular formula is C17H16. The first-order chi connectivity index (χ1) is 8.29. The van der Waals surface area contributed by atoms with Crippen LogP contribution in [0, 0.1) is 5.41 Å². The highest BCUT2D eigenvalue weighted by molar-refractivity contribution is 5.62. The highest BCUT2D eigenvalue weighted by Crippen LogP contribution is 2.63. The predicted molar refractivity (Wildman–Crippen MR) is 70.9 cm³/mol. The fourth-order valence-corrected chi connectivity index (χ4v) is 4.03. The van der Waals surface area contributed by atoms with Gasteiger partial charge in [-0.05, 0) is 30.9 Å². The lowest BCUT2D eigenvalue weighted by atomic mass is 9.44. The van der Waals surface area contributed by atoms with Gasteiger partial charge in [0.1, 0.15) is 0 Å². The lowest BCUT2D eigenvalue weighted by molar-refractivity contribution is 0.248. The van der Waals surface area contributed by atoms with Crippen molar-refractivity contribution in [1.82, 2.24) is 0 Å². The van der Waals surface area contributed by atoms with Crippen LogP contribution in [0.1, 0.15) is 24.5 Å². The van der Waals surface area contributed by atoms with Crippen LogP contribution in [0.4, 0.5) is 0 Å². The van der Waals surface area contributed by atoms with Crippen LogP contribution < -0.4 is 0 Å². The minimum absolute atomic E-state index is 0.177. The van der Waals surface area contributed by atoms with Crippen molar-refractivity contribution in [1.29, 1.82) is 0 Å². The largest absolute Gasteiger partial charge is 0.0758 e. The van der Waals surface area contributed by atoms with E-state index in [0.717, 1.165) is 0 Å². The summed E-state index contributed by atoms with van der Waals surface area (Å²) in [7, 11) is 0. The molecule has 2 atom stereocenters. The molecule has 0 saturated heterocycles. The van der Waals surface area contributed by atoms with Crippen molar-refractivity contribution in [3.8, 4) is 0 Å². The molecule has 0 bridgehead atoms. The Balaban J connectivity index is 2.06. The van der Waals surface area contributed by atoms with Crippen molar-refractivity contribution in [3.63, 3.8) is 0 Å². The van der Waals surface area contributed by atoms with E-state index in [1.165, 1.54) is 29.5 Å². The van der Waals surface area contributed by atoms with Gasteiger partial charge in [0.05, 0.1) is 0 Å². The second-order valence-corrected chi connectivity index (χ2v) is 5.55. The van der Waals surface area contributed by atoms with E-state index in [1.807, 2.05) is 0 Å². The van der Waals surface area contributed by atoms with Crippen molar-refractivity contribution in [2.45, 2.75) is 25.2 Å². The van der Waals surface area contributed by atoms with E-state index >= 15 is 0 Å². The topological polar surface area (TPSA) is 0 Å². The van der Waals surface area contributed by atoms with Gasteiger partial charge in [-0.15, -0.1) is 0 Å². The molecule has 84 valence electrons. The molecular weight excluding hydrogens is 204 g/mol. The molecule has 0 unspecified atom stereocenters. The van der Waals surface area contributed by atoms with Gasteiger partial charge < -0.3 is 0 Å². The molecule has 1 aromatic carbocycles. The molecule has 0 fully saturated rings. The van der Waals surface area contributed by atoms with E-state index in [0.29, 0.717) is 0 Å². The van der Waals surface area contributed by atoms with Crippen LogP contribution >= 0.6 is 0 Å². The van der Waals surface area contributed by atoms with Gasteiger partial charge in [0, 0.05) is 10.8 Å². The Hall–Kier alpha value is -1.56. The SMILES string of the molecule is CC1=CC=C[C@@]23C=C[C@]12c1ccccc1CC3. The van der Waals surface area contributed by atoms with E-state index in [2.05, 4.69) is 61.6 Å². The smallest absolute Gasteiger partial charge is 0.0470 e. The highest BCUT2D eigenvalue weighted by atomic mass is 14.6. The van der Waals surface area contributed by atoms with Crippen LogP contribution in [0.2, 0.25) is 0 Å². The van der Waals surface area contributed by atoms with E-state index < -0.39 is 0 Å². The van der Waals surface area contributed by atoms with Gasteiger partial charge in [-0.3, -0.25) is 0 Å². The zero-order valence-corrected chi connectivity index (χ0v) is 10.1. The summed E-state index contributed by atoms with van der Waals surface area (Å²) >= 11 is 0. The number of benzene rings is 1. The lowest BCUT2D eigenvalue weighted by Gasteiger charge is -2.58. The average molecular weight is 220 g/mol. The second kappa shape index (κ2) is 2.81. The van der Waals surface area contributed by atoms with Crippen molar-refractivity contribution >= 4 is 0 Å². The van der Waals surface area contributed by atoms with Crippen LogP contribution in [-0.4, -0.2) is 0 Å². The van der Waals surface area contributed by atoms with Crippen LogP contribution in [0.3, 0.4) is 0 Å². The molecule has 0 amide bonds. The summed E-state index contributed by atoms with van der Waals surface area (Å²) in [4.78, 5) is 0. The molecule has 0 nitrogen and oxygen atoms in total. The quantitative estimate of drug-likeness (QED) is 0.581. The number of hydrogen-bond donors (Lipinski definition) is 0. The molecule has 0 radical (unpaired) electrons. The molecule has 1 aromatic rings. The monoisotopic (exact) mass is 220 g/mol. The Morgan fingerprint density at radius 2 is 1.94 bits per heavy atom. The maximum absolute atomic E-state index is 2.42. The minimum Gasteiger partial charge on any atom is -0.0758 e. The maximum Gasteiger partial charge on any atom is 0.0470 e. The molecule has 0 saturated carbocycles. The standard InChI is InChI=1S/C17H16/c1-13-5-4-9-16-10-8-14-6-2-3-7-15(14)17(13,16)12-11-16/h2-7,9,11-12H,8,10H2,1H3/t16-,17-/m1/s1. The Morgan fingerprint density at radius 3 is 2.76 bits per heavy atom. The number of rotatable bonds is 0. The van der Waals surface area contributed by atoms with E-state index in [1.54, 1.807) is 0 Å². The molecule has 3 aliphatic rings. The van der Waals surface area contributed by atoms with Gasteiger partial charge in [0.15, 0.2) is 0 Å². The van der Waals surface area contributed by atoms with Gasteiger partial charge >= 0.3 is 0 Å². The summed E-state index contributed by atoms with van der Waals surface area (Å²) in [6.45, 7) is 2.28. The fourth-order valence-electron chi connectivity index (χ4n) is 4.03. The van der Waals surface area contributed by atoms with Gasteiger partial charge in [-0.25, -0.2) is 0 Å². The maximum atomic E-state index is 2.42. The molecule has 0 N–H and O–H groups in total. The van der Waals surface area contributed by atoms with Crippen molar-refractivity contribution in [2.75, 3.05) is 0 Å². The van der Waals surface area contributed by atoms with Crippen LogP contribution in [0.5, 0.6) is 0 Å². The molecule has 4 rings (SSSR count). The molecule has 0 heteroatoms. The summed E-state index contributed by atoms with van der Waals surface area (Å²) < 4.78 is 0. The summed E-state index contributed by atoms with van der Waals surface area (Å²) in [5.74, 6) is 0. The zero-order valence-electron chi connectivity index (χ0n) is 10.1. The van der Waals surface area contributed by atoms with E-state index in [9.17, 15) is 0 Å². The van der Waals surface area contributed by atoms with Gasteiger partial charge in [-0.2, -0.15) is 0 Å². The molecule has 0 aliphatic heterocycles. The van der Waals surface area contributed by atoms with E-state index in [-0.39, 0.29) is 10.8 Å². The van der Waals surface area contributed by atoms with Gasteiger partial charge in [0.2, 0.25) is 0 Å². The lowest BCUT2D eigenvalue weighted by Crippen LogP contribution is -2.53. The Morgan fingerprint density at radius 1 is 1.06 bits per heavy atom. The third kappa shape index (κ3) is 0.878. The number of hydrogen-bond acceptors (Lipinski definition) is 0. The van der Waals surface area contributed by atoms with E-state index in [4.69, 9.17) is 0 Å². The minimum atomic E-state index is 0.177. The summed E-state index contributed by atoms with van der Waals surface area (Å²) in [5, 5.41) is 0. The summed E-state index contributed by atoms with van der Waals surface area (Å²) in [5.41, 5.74) is 5.02. The Kier molecular flexibility index (Phi) is 1.57. The molecule has 0 spiro atoms. The predicted octanol–water partition coefficient (Wildman–Crippen LogP) is 3.94. The number of allylic oxidation sites excluding steroid dienone is 6. The average Bonchev–Trinajstić information content (AvgIpc) is 2.32. The molecule has 17 heavy (non-hydrogen) atoms. The van der Waals surface area contributed by atoms with Crippen molar-refractivity contribution in [3.05, 3.63) is 71.3 Å². The normalized spacial score (nSPS) is 36.4. The molecule has 3 aliphatic carbocycles. The first-order valence-corrected chi connectivity index (χ1v) is 6.44. The highest BCUT2D eigenvalue weighted by Gasteiger charge is 2.57. The third-order valence-corrected chi connectivity index (χ3v) is 4.98. The first kappa shape index (κ1) is 9.47. The van der Waals surface area contributed by atoms with Crippen molar-refractivity contribution in [2.24, 2.45) is 5.41 Å².